The van der Waals surface area contributed by atoms with Gasteiger partial charge in [0.25, 0.3) is 0 Å². The predicted molar refractivity (Wildman–Crippen MR) is 107 cm³/mol. The van der Waals surface area contributed by atoms with Crippen LogP contribution in [0.25, 0.3) is 10.9 Å². The molecule has 0 aliphatic rings. The fourth-order valence-corrected chi connectivity index (χ4v) is 2.88. The lowest BCUT2D eigenvalue weighted by molar-refractivity contribution is 0.355. The molecular weight excluding hydrogens is 350 g/mol. The SMILES string of the molecule is CC/C(=N\Nc1ccnc2cc(Cl)ccc12)c1ccc(OC)c(OC)c1. The minimum absolute atomic E-state index is 0.658. The molecule has 0 saturated carbocycles. The summed E-state index contributed by atoms with van der Waals surface area (Å²) in [5.41, 5.74) is 6.73. The normalized spacial score (nSPS) is 11.5. The molecule has 1 aromatic heterocycles. The van der Waals surface area contributed by atoms with Crippen molar-refractivity contribution in [3.05, 3.63) is 59.2 Å². The van der Waals surface area contributed by atoms with Gasteiger partial charge >= 0.3 is 0 Å². The van der Waals surface area contributed by atoms with E-state index in [-0.39, 0.29) is 0 Å². The van der Waals surface area contributed by atoms with Crippen LogP contribution in [0.2, 0.25) is 5.02 Å². The van der Waals surface area contributed by atoms with E-state index in [1.165, 1.54) is 0 Å². The number of hydrazone groups is 1. The number of ether oxygens (including phenoxy) is 2. The van der Waals surface area contributed by atoms with E-state index in [9.17, 15) is 0 Å². The van der Waals surface area contributed by atoms with Crippen LogP contribution >= 0.6 is 11.6 Å². The van der Waals surface area contributed by atoms with Gasteiger partial charge in [0.1, 0.15) is 0 Å². The van der Waals surface area contributed by atoms with Gasteiger partial charge in [-0.15, -0.1) is 0 Å². The molecule has 0 unspecified atom stereocenters. The number of nitrogens with one attached hydrogen (secondary N) is 1. The van der Waals surface area contributed by atoms with Crippen LogP contribution in [0.4, 0.5) is 5.69 Å². The molecule has 0 amide bonds. The second-order valence-corrected chi connectivity index (χ2v) is 6.05. The lowest BCUT2D eigenvalue weighted by Gasteiger charge is -2.11. The number of anilines is 1. The molecule has 0 bridgehead atoms. The molecule has 0 radical (unpaired) electrons. The largest absolute Gasteiger partial charge is 0.493 e. The Balaban J connectivity index is 1.93. The van der Waals surface area contributed by atoms with Crippen molar-refractivity contribution in [3.63, 3.8) is 0 Å². The molecular formula is C20H20ClN3O2. The van der Waals surface area contributed by atoms with E-state index < -0.39 is 0 Å². The highest BCUT2D eigenvalue weighted by Gasteiger charge is 2.09. The van der Waals surface area contributed by atoms with E-state index in [1.807, 2.05) is 42.5 Å². The fraction of sp³-hybridized carbons (Fsp3) is 0.200. The second kappa shape index (κ2) is 8.06. The first-order chi connectivity index (χ1) is 12.7. The van der Waals surface area contributed by atoms with Crippen LogP contribution in [0.5, 0.6) is 11.5 Å². The standard InChI is InChI=1S/C20H20ClN3O2/c1-4-16(13-5-8-19(25-2)20(11-13)26-3)23-24-17-9-10-22-18-12-14(21)6-7-15(17)18/h5-12H,4H2,1-3H3,(H,22,24)/b23-16+. The van der Waals surface area contributed by atoms with Gasteiger partial charge in [0.2, 0.25) is 0 Å². The van der Waals surface area contributed by atoms with Crippen LogP contribution in [-0.2, 0) is 0 Å². The van der Waals surface area contributed by atoms with Gasteiger partial charge in [-0.1, -0.05) is 18.5 Å². The molecule has 0 fully saturated rings. The predicted octanol–water partition coefficient (Wildman–Crippen LogP) is 5.13. The quantitative estimate of drug-likeness (QED) is 0.483. The molecule has 3 aromatic rings. The number of nitrogens with zero attached hydrogens (tertiary/aromatic N) is 2. The van der Waals surface area contributed by atoms with E-state index in [0.717, 1.165) is 34.3 Å². The fourth-order valence-electron chi connectivity index (χ4n) is 2.71. The van der Waals surface area contributed by atoms with E-state index >= 15 is 0 Å². The van der Waals surface area contributed by atoms with Crippen LogP contribution in [0.1, 0.15) is 18.9 Å². The van der Waals surface area contributed by atoms with Crippen molar-refractivity contribution in [1.29, 1.82) is 0 Å². The summed E-state index contributed by atoms with van der Waals surface area (Å²) in [6, 6.07) is 13.3. The van der Waals surface area contributed by atoms with E-state index in [4.69, 9.17) is 21.1 Å². The van der Waals surface area contributed by atoms with E-state index in [1.54, 1.807) is 20.4 Å². The molecule has 3 rings (SSSR count). The number of hydrogen-bond acceptors (Lipinski definition) is 5. The maximum absolute atomic E-state index is 6.04. The lowest BCUT2D eigenvalue weighted by Crippen LogP contribution is -2.04. The Bertz CT molecular complexity index is 957. The molecule has 0 aliphatic carbocycles. The number of hydrogen-bond donors (Lipinski definition) is 1. The smallest absolute Gasteiger partial charge is 0.161 e. The van der Waals surface area contributed by atoms with Gasteiger partial charge in [-0.3, -0.25) is 10.4 Å². The summed E-state index contributed by atoms with van der Waals surface area (Å²) in [4.78, 5) is 4.35. The number of rotatable bonds is 6. The average molecular weight is 370 g/mol. The maximum Gasteiger partial charge on any atom is 0.161 e. The number of methoxy groups -OCH3 is 2. The summed E-state index contributed by atoms with van der Waals surface area (Å²) in [6.07, 6.45) is 2.50. The van der Waals surface area contributed by atoms with Gasteiger partial charge in [-0.2, -0.15) is 5.10 Å². The number of benzene rings is 2. The molecule has 6 heteroatoms. The highest BCUT2D eigenvalue weighted by atomic mass is 35.5. The number of aromatic nitrogens is 1. The zero-order chi connectivity index (χ0) is 18.5. The number of pyridine rings is 1. The average Bonchev–Trinajstić information content (AvgIpc) is 2.68. The highest BCUT2D eigenvalue weighted by Crippen LogP contribution is 2.28. The van der Waals surface area contributed by atoms with Crippen LogP contribution in [0.3, 0.4) is 0 Å². The van der Waals surface area contributed by atoms with Crippen LogP contribution in [0, 0.1) is 0 Å². The van der Waals surface area contributed by atoms with Crippen LogP contribution < -0.4 is 14.9 Å². The summed E-state index contributed by atoms with van der Waals surface area (Å²) >= 11 is 6.04. The van der Waals surface area contributed by atoms with E-state index in [2.05, 4.69) is 22.4 Å². The Morgan fingerprint density at radius 2 is 1.88 bits per heavy atom. The highest BCUT2D eigenvalue weighted by molar-refractivity contribution is 6.31. The molecule has 0 aliphatic heterocycles. The first-order valence-electron chi connectivity index (χ1n) is 8.25. The summed E-state index contributed by atoms with van der Waals surface area (Å²) in [7, 11) is 3.24. The molecule has 0 saturated heterocycles. The summed E-state index contributed by atoms with van der Waals surface area (Å²) in [5.74, 6) is 1.37. The monoisotopic (exact) mass is 369 g/mol. The van der Waals surface area contributed by atoms with Gasteiger partial charge in [0.05, 0.1) is 31.1 Å². The Morgan fingerprint density at radius 3 is 2.62 bits per heavy atom. The summed E-state index contributed by atoms with van der Waals surface area (Å²) in [5, 5.41) is 6.21. The van der Waals surface area contributed by atoms with Gasteiger partial charge in [0.15, 0.2) is 11.5 Å². The van der Waals surface area contributed by atoms with Crippen molar-refractivity contribution < 1.29 is 9.47 Å². The summed E-state index contributed by atoms with van der Waals surface area (Å²) < 4.78 is 10.7. The number of fused-ring (bicyclic) bond motifs is 1. The third kappa shape index (κ3) is 3.73. The number of halogens is 1. The Labute approximate surface area is 157 Å². The van der Waals surface area contributed by atoms with Crippen LogP contribution in [-0.4, -0.2) is 24.9 Å². The maximum atomic E-state index is 6.04. The van der Waals surface area contributed by atoms with Gasteiger partial charge in [-0.25, -0.2) is 0 Å². The van der Waals surface area contributed by atoms with Crippen molar-refractivity contribution in [2.75, 3.05) is 19.6 Å². The second-order valence-electron chi connectivity index (χ2n) is 5.61. The lowest BCUT2D eigenvalue weighted by atomic mass is 10.1. The van der Waals surface area contributed by atoms with E-state index in [0.29, 0.717) is 16.5 Å². The molecule has 5 nitrogen and oxygen atoms in total. The topological polar surface area (TPSA) is 55.7 Å². The molecule has 0 spiro atoms. The first kappa shape index (κ1) is 18.0. The molecule has 0 atom stereocenters. The molecule has 2 aromatic carbocycles. The van der Waals surface area contributed by atoms with Gasteiger partial charge in [0, 0.05) is 22.2 Å². The van der Waals surface area contributed by atoms with Crippen molar-refractivity contribution in [2.24, 2.45) is 5.10 Å². The Hall–Kier alpha value is -2.79. The molecule has 26 heavy (non-hydrogen) atoms. The third-order valence-corrected chi connectivity index (χ3v) is 4.30. The van der Waals surface area contributed by atoms with Gasteiger partial charge in [-0.05, 0) is 48.9 Å². The Kier molecular flexibility index (Phi) is 5.58. The van der Waals surface area contributed by atoms with Crippen molar-refractivity contribution in [1.82, 2.24) is 4.98 Å². The Morgan fingerprint density at radius 1 is 1.08 bits per heavy atom. The third-order valence-electron chi connectivity index (χ3n) is 4.07. The van der Waals surface area contributed by atoms with Gasteiger partial charge < -0.3 is 9.47 Å². The van der Waals surface area contributed by atoms with Crippen molar-refractivity contribution in [3.8, 4) is 11.5 Å². The van der Waals surface area contributed by atoms with Crippen molar-refractivity contribution in [2.45, 2.75) is 13.3 Å². The minimum atomic E-state index is 0.658. The molecule has 1 heterocycles. The zero-order valence-corrected chi connectivity index (χ0v) is 15.7. The van der Waals surface area contributed by atoms with Crippen molar-refractivity contribution >= 4 is 33.9 Å². The molecule has 1 N–H and O–H groups in total. The minimum Gasteiger partial charge on any atom is -0.493 e. The summed E-state index contributed by atoms with van der Waals surface area (Å²) in [6.45, 7) is 2.06. The zero-order valence-electron chi connectivity index (χ0n) is 14.9. The van der Waals surface area contributed by atoms with Crippen LogP contribution in [0.15, 0.2) is 53.8 Å². The first-order valence-corrected chi connectivity index (χ1v) is 8.63. The molecule has 134 valence electrons.